The first-order valence-corrected chi connectivity index (χ1v) is 5.07. The number of nitrogens with zero attached hydrogens (tertiary/aromatic N) is 2. The number of rotatable bonds is 4. The minimum Gasteiger partial charge on any atom is -0.423 e. The third kappa shape index (κ3) is 2.09. The molecule has 2 rings (SSSR count). The molecule has 1 aromatic heterocycles. The summed E-state index contributed by atoms with van der Waals surface area (Å²) in [5, 5.41) is 0. The molecule has 1 aromatic carbocycles. The van der Waals surface area contributed by atoms with Gasteiger partial charge in [-0.2, -0.15) is 4.98 Å². The Labute approximate surface area is 93.8 Å². The molecule has 86 valence electrons. The minimum atomic E-state index is 0.581. The number of hydrogen-bond acceptors (Lipinski definition) is 5. The van der Waals surface area contributed by atoms with Gasteiger partial charge in [-0.25, -0.2) is 0 Å². The van der Waals surface area contributed by atoms with Crippen LogP contribution in [0.4, 0.5) is 11.7 Å². The molecule has 5 heteroatoms. The van der Waals surface area contributed by atoms with Crippen LogP contribution in [-0.2, 0) is 4.74 Å². The fourth-order valence-corrected chi connectivity index (χ4v) is 1.42. The van der Waals surface area contributed by atoms with E-state index < -0.39 is 0 Å². The molecule has 5 nitrogen and oxygen atoms in total. The zero-order valence-electron chi connectivity index (χ0n) is 9.43. The summed E-state index contributed by atoms with van der Waals surface area (Å²) in [6.45, 7) is 1.37. The summed E-state index contributed by atoms with van der Waals surface area (Å²) >= 11 is 0. The Morgan fingerprint density at radius 1 is 1.50 bits per heavy atom. The zero-order chi connectivity index (χ0) is 11.5. The first-order chi connectivity index (χ1) is 7.70. The van der Waals surface area contributed by atoms with Crippen molar-refractivity contribution in [2.45, 2.75) is 0 Å². The standard InChI is InChI=1S/C11H15N3O2/c1-14(5-6-15-2)11-13-9-7-8(12)3-4-10(9)16-11/h3-4,7H,5-6,12H2,1-2H3. The van der Waals surface area contributed by atoms with Crippen LogP contribution in [0.25, 0.3) is 11.1 Å². The molecule has 0 aliphatic heterocycles. The number of nitrogens with two attached hydrogens (primary N) is 1. The Hall–Kier alpha value is -1.75. The number of methoxy groups -OCH3 is 1. The molecule has 2 aromatic rings. The zero-order valence-corrected chi connectivity index (χ0v) is 9.43. The number of ether oxygens (including phenoxy) is 1. The molecule has 0 saturated carbocycles. The smallest absolute Gasteiger partial charge is 0.298 e. The van der Waals surface area contributed by atoms with Gasteiger partial charge < -0.3 is 19.8 Å². The summed E-state index contributed by atoms with van der Waals surface area (Å²) in [5.74, 6) is 0. The molecule has 0 radical (unpaired) electrons. The number of benzene rings is 1. The normalized spacial score (nSPS) is 10.9. The molecule has 0 aliphatic rings. The highest BCUT2D eigenvalue weighted by Gasteiger charge is 2.09. The minimum absolute atomic E-state index is 0.581. The van der Waals surface area contributed by atoms with Crippen molar-refractivity contribution < 1.29 is 9.15 Å². The third-order valence-corrected chi connectivity index (χ3v) is 2.36. The van der Waals surface area contributed by atoms with Crippen LogP contribution in [0.5, 0.6) is 0 Å². The number of aromatic nitrogens is 1. The highest BCUT2D eigenvalue weighted by molar-refractivity contribution is 5.78. The Morgan fingerprint density at radius 2 is 2.31 bits per heavy atom. The molecule has 0 saturated heterocycles. The van der Waals surface area contributed by atoms with Crippen LogP contribution >= 0.6 is 0 Å². The van der Waals surface area contributed by atoms with Crippen LogP contribution in [0.15, 0.2) is 22.6 Å². The number of nitrogen functional groups attached to an aromatic ring is 1. The van der Waals surface area contributed by atoms with E-state index in [9.17, 15) is 0 Å². The van der Waals surface area contributed by atoms with Crippen molar-refractivity contribution in [2.24, 2.45) is 0 Å². The van der Waals surface area contributed by atoms with Gasteiger partial charge in [-0.05, 0) is 18.2 Å². The number of fused-ring (bicyclic) bond motifs is 1. The molecule has 0 spiro atoms. The molecular formula is C11H15N3O2. The van der Waals surface area contributed by atoms with Gasteiger partial charge in [0, 0.05) is 26.4 Å². The van der Waals surface area contributed by atoms with Crippen molar-refractivity contribution in [1.29, 1.82) is 0 Å². The fraction of sp³-hybridized carbons (Fsp3) is 0.364. The van der Waals surface area contributed by atoms with E-state index in [1.807, 2.05) is 18.0 Å². The summed E-state index contributed by atoms with van der Waals surface area (Å²) in [6, 6.07) is 6.00. The summed E-state index contributed by atoms with van der Waals surface area (Å²) in [6.07, 6.45) is 0. The lowest BCUT2D eigenvalue weighted by Crippen LogP contribution is -2.22. The number of anilines is 2. The molecular weight excluding hydrogens is 206 g/mol. The molecule has 0 fully saturated rings. The molecule has 0 amide bonds. The number of oxazole rings is 1. The summed E-state index contributed by atoms with van der Waals surface area (Å²) in [7, 11) is 3.58. The first-order valence-electron chi connectivity index (χ1n) is 5.07. The first kappa shape index (κ1) is 10.8. The molecule has 0 atom stereocenters. The van der Waals surface area contributed by atoms with Crippen molar-refractivity contribution >= 4 is 22.8 Å². The second kappa shape index (κ2) is 4.40. The van der Waals surface area contributed by atoms with Gasteiger partial charge in [-0.1, -0.05) is 0 Å². The Bertz CT molecular complexity index is 481. The average molecular weight is 221 g/mol. The van der Waals surface area contributed by atoms with Crippen LogP contribution in [0, 0.1) is 0 Å². The van der Waals surface area contributed by atoms with E-state index in [1.165, 1.54) is 0 Å². The lowest BCUT2D eigenvalue weighted by Gasteiger charge is -2.12. The highest BCUT2D eigenvalue weighted by Crippen LogP contribution is 2.22. The maximum Gasteiger partial charge on any atom is 0.298 e. The number of hydrogen-bond donors (Lipinski definition) is 1. The van der Waals surface area contributed by atoms with Gasteiger partial charge in [-0.3, -0.25) is 0 Å². The van der Waals surface area contributed by atoms with E-state index in [0.29, 0.717) is 18.3 Å². The monoisotopic (exact) mass is 221 g/mol. The predicted molar refractivity (Wildman–Crippen MR) is 63.6 cm³/mol. The van der Waals surface area contributed by atoms with Crippen molar-refractivity contribution in [3.8, 4) is 0 Å². The van der Waals surface area contributed by atoms with Crippen molar-refractivity contribution in [2.75, 3.05) is 37.9 Å². The summed E-state index contributed by atoms with van der Waals surface area (Å²) in [4.78, 5) is 6.25. The lowest BCUT2D eigenvalue weighted by atomic mass is 10.3. The Kier molecular flexibility index (Phi) is 2.96. The molecule has 2 N–H and O–H groups in total. The van der Waals surface area contributed by atoms with Crippen LogP contribution in [0.1, 0.15) is 0 Å². The molecule has 0 bridgehead atoms. The third-order valence-electron chi connectivity index (χ3n) is 2.36. The highest BCUT2D eigenvalue weighted by atomic mass is 16.5. The average Bonchev–Trinajstić information content (AvgIpc) is 2.68. The second-order valence-electron chi connectivity index (χ2n) is 3.64. The van der Waals surface area contributed by atoms with Crippen LogP contribution < -0.4 is 10.6 Å². The van der Waals surface area contributed by atoms with Gasteiger partial charge in [0.1, 0.15) is 5.52 Å². The van der Waals surface area contributed by atoms with Gasteiger partial charge in [0.15, 0.2) is 5.58 Å². The lowest BCUT2D eigenvalue weighted by molar-refractivity contribution is 0.205. The Balaban J connectivity index is 2.25. The van der Waals surface area contributed by atoms with E-state index in [4.69, 9.17) is 14.9 Å². The predicted octanol–water partition coefficient (Wildman–Crippen LogP) is 1.49. The fourth-order valence-electron chi connectivity index (χ4n) is 1.42. The van der Waals surface area contributed by atoms with E-state index in [2.05, 4.69) is 4.98 Å². The quantitative estimate of drug-likeness (QED) is 0.792. The topological polar surface area (TPSA) is 64.5 Å². The van der Waals surface area contributed by atoms with Gasteiger partial charge >= 0.3 is 0 Å². The molecule has 0 aliphatic carbocycles. The van der Waals surface area contributed by atoms with E-state index >= 15 is 0 Å². The summed E-state index contributed by atoms with van der Waals surface area (Å²) < 4.78 is 10.6. The second-order valence-corrected chi connectivity index (χ2v) is 3.64. The Morgan fingerprint density at radius 3 is 3.06 bits per heavy atom. The van der Waals surface area contributed by atoms with Gasteiger partial charge in [-0.15, -0.1) is 0 Å². The van der Waals surface area contributed by atoms with E-state index in [0.717, 1.165) is 17.6 Å². The molecule has 1 heterocycles. The maximum atomic E-state index is 5.67. The maximum absolute atomic E-state index is 5.67. The summed E-state index contributed by atoms with van der Waals surface area (Å²) in [5.41, 5.74) is 7.88. The van der Waals surface area contributed by atoms with Gasteiger partial charge in [0.2, 0.25) is 0 Å². The van der Waals surface area contributed by atoms with Crippen molar-refractivity contribution in [3.63, 3.8) is 0 Å². The van der Waals surface area contributed by atoms with Crippen molar-refractivity contribution in [1.82, 2.24) is 4.98 Å². The van der Waals surface area contributed by atoms with Crippen LogP contribution in [0.2, 0.25) is 0 Å². The van der Waals surface area contributed by atoms with Crippen LogP contribution in [0.3, 0.4) is 0 Å². The number of likely N-dealkylation sites (N-methyl/N-ethyl adjacent to an activating group) is 1. The van der Waals surface area contributed by atoms with Crippen LogP contribution in [-0.4, -0.2) is 32.3 Å². The molecule has 16 heavy (non-hydrogen) atoms. The largest absolute Gasteiger partial charge is 0.423 e. The van der Waals surface area contributed by atoms with E-state index in [-0.39, 0.29) is 0 Å². The molecule has 0 unspecified atom stereocenters. The SMILES string of the molecule is COCCN(C)c1nc2cc(N)ccc2o1. The van der Waals surface area contributed by atoms with Gasteiger partial charge in [0.05, 0.1) is 6.61 Å². The van der Waals surface area contributed by atoms with Crippen molar-refractivity contribution in [3.05, 3.63) is 18.2 Å². The van der Waals surface area contributed by atoms with E-state index in [1.54, 1.807) is 19.2 Å². The van der Waals surface area contributed by atoms with Gasteiger partial charge in [0.25, 0.3) is 6.01 Å².